The van der Waals surface area contributed by atoms with E-state index in [1.807, 2.05) is 12.3 Å². The van der Waals surface area contributed by atoms with Crippen molar-refractivity contribution in [2.45, 2.75) is 32.2 Å². The number of aromatic nitrogens is 1. The van der Waals surface area contributed by atoms with E-state index in [2.05, 4.69) is 16.6 Å². The van der Waals surface area contributed by atoms with Crippen LogP contribution in [-0.2, 0) is 12.8 Å². The van der Waals surface area contributed by atoms with Crippen LogP contribution in [0.25, 0.3) is 0 Å². The van der Waals surface area contributed by atoms with Crippen molar-refractivity contribution in [2.24, 2.45) is 10.7 Å². The van der Waals surface area contributed by atoms with E-state index in [0.29, 0.717) is 12.0 Å². The Kier molecular flexibility index (Phi) is 7.16. The largest absolute Gasteiger partial charge is 0.322 e. The average molecular weight is 361 g/mol. The summed E-state index contributed by atoms with van der Waals surface area (Å²) in [4.78, 5) is 8.84. The number of hydrogen-bond acceptors (Lipinski definition) is 4. The molecule has 1 atom stereocenters. The monoisotopic (exact) mass is 361 g/mol. The average Bonchev–Trinajstić information content (AvgIpc) is 3.06. The third-order valence-electron chi connectivity index (χ3n) is 3.61. The second-order valence-electron chi connectivity index (χ2n) is 5.67. The van der Waals surface area contributed by atoms with Crippen LogP contribution < -0.4 is 5.73 Å². The Labute approximate surface area is 150 Å². The molecule has 0 amide bonds. The molecule has 0 aliphatic carbocycles. The van der Waals surface area contributed by atoms with Crippen LogP contribution >= 0.6 is 11.3 Å². The first-order chi connectivity index (χ1) is 12.0. The Bertz CT molecular complexity index is 781. The van der Waals surface area contributed by atoms with Crippen LogP contribution in [0.4, 0.5) is 8.78 Å². The van der Waals surface area contributed by atoms with Crippen LogP contribution in [0.15, 0.2) is 53.5 Å². The maximum absolute atomic E-state index is 13.3. The van der Waals surface area contributed by atoms with Crippen molar-refractivity contribution >= 4 is 17.0 Å². The van der Waals surface area contributed by atoms with Crippen molar-refractivity contribution in [1.29, 1.82) is 0 Å². The third kappa shape index (κ3) is 5.99. The highest BCUT2D eigenvalue weighted by atomic mass is 32.1. The van der Waals surface area contributed by atoms with Crippen LogP contribution in [0, 0.1) is 11.6 Å². The number of rotatable bonds is 8. The highest BCUT2D eigenvalue weighted by Crippen LogP contribution is 2.21. The topological polar surface area (TPSA) is 51.3 Å². The summed E-state index contributed by atoms with van der Waals surface area (Å²) in [5.41, 5.74) is 8.59. The van der Waals surface area contributed by atoms with Crippen LogP contribution in [0.3, 0.4) is 0 Å². The van der Waals surface area contributed by atoms with Crippen LogP contribution in [0.1, 0.15) is 35.7 Å². The van der Waals surface area contributed by atoms with E-state index in [9.17, 15) is 8.78 Å². The van der Waals surface area contributed by atoms with Crippen molar-refractivity contribution in [1.82, 2.24) is 4.98 Å². The van der Waals surface area contributed by atoms with E-state index >= 15 is 0 Å². The van der Waals surface area contributed by atoms with E-state index in [1.165, 1.54) is 6.07 Å². The number of benzene rings is 1. The number of halogens is 2. The molecule has 2 rings (SSSR count). The molecule has 2 N–H and O–H groups in total. The van der Waals surface area contributed by atoms with E-state index in [-0.39, 0.29) is 6.04 Å². The van der Waals surface area contributed by atoms with Crippen LogP contribution in [-0.4, -0.2) is 10.7 Å². The molecule has 0 radical (unpaired) electrons. The lowest BCUT2D eigenvalue weighted by molar-refractivity contribution is 0.506. The second-order valence-corrected chi connectivity index (χ2v) is 6.61. The van der Waals surface area contributed by atoms with Crippen LogP contribution in [0.5, 0.6) is 0 Å². The number of aryl methyl sites for hydroxylation is 1. The lowest BCUT2D eigenvalue weighted by Gasteiger charge is -2.09. The fourth-order valence-corrected chi connectivity index (χ4v) is 3.08. The van der Waals surface area contributed by atoms with Gasteiger partial charge in [0.05, 0.1) is 16.7 Å². The number of hydrogen-bond donors (Lipinski definition) is 1. The summed E-state index contributed by atoms with van der Waals surface area (Å²) in [6, 6.07) is 3.49. The van der Waals surface area contributed by atoms with Crippen molar-refractivity contribution in [3.8, 4) is 0 Å². The molecule has 2 aromatic rings. The standard InChI is InChI=1S/C19H21F2N3S/c1-3-4-9-23-13(2)5-8-19-24-18(12-25-19)17(22)11-14-6-7-15(20)16(21)10-14/h3-4,6-7,9-10,12,17H,1,5,8,11,22H2,2H3/b9-4-,23-13+. The Balaban J connectivity index is 1.93. The fraction of sp³-hybridized carbons (Fsp3) is 0.263. The van der Waals surface area contributed by atoms with E-state index in [1.54, 1.807) is 35.8 Å². The Morgan fingerprint density at radius 3 is 2.92 bits per heavy atom. The van der Waals surface area contributed by atoms with Gasteiger partial charge < -0.3 is 5.73 Å². The summed E-state index contributed by atoms with van der Waals surface area (Å²) in [7, 11) is 0. The minimum Gasteiger partial charge on any atom is -0.322 e. The molecule has 0 aliphatic heterocycles. The highest BCUT2D eigenvalue weighted by molar-refractivity contribution is 7.09. The molecule has 25 heavy (non-hydrogen) atoms. The molecule has 1 aromatic carbocycles. The first-order valence-electron chi connectivity index (χ1n) is 7.94. The lowest BCUT2D eigenvalue weighted by Crippen LogP contribution is -2.14. The molecular weight excluding hydrogens is 340 g/mol. The van der Waals surface area contributed by atoms with Crippen molar-refractivity contribution in [2.75, 3.05) is 0 Å². The fourth-order valence-electron chi connectivity index (χ4n) is 2.22. The van der Waals surface area contributed by atoms with Crippen LogP contribution in [0.2, 0.25) is 0 Å². The summed E-state index contributed by atoms with van der Waals surface area (Å²) >= 11 is 1.55. The smallest absolute Gasteiger partial charge is 0.159 e. The van der Waals surface area contributed by atoms with Gasteiger partial charge in [0.2, 0.25) is 0 Å². The normalized spacial score (nSPS) is 13.4. The zero-order valence-electron chi connectivity index (χ0n) is 14.1. The molecule has 1 heterocycles. The van der Waals surface area contributed by atoms with Gasteiger partial charge in [0.25, 0.3) is 0 Å². The van der Waals surface area contributed by atoms with E-state index in [4.69, 9.17) is 5.73 Å². The zero-order chi connectivity index (χ0) is 18.2. The van der Waals surface area contributed by atoms with Gasteiger partial charge in [-0.3, -0.25) is 4.99 Å². The molecule has 0 fully saturated rings. The minimum absolute atomic E-state index is 0.347. The maximum Gasteiger partial charge on any atom is 0.159 e. The Morgan fingerprint density at radius 2 is 2.20 bits per heavy atom. The summed E-state index contributed by atoms with van der Waals surface area (Å²) in [5, 5.41) is 2.90. The molecule has 0 spiro atoms. The number of allylic oxidation sites excluding steroid dienone is 2. The van der Waals surface area contributed by atoms with Gasteiger partial charge in [-0.2, -0.15) is 0 Å². The molecular formula is C19H21F2N3S. The van der Waals surface area contributed by atoms with Gasteiger partial charge >= 0.3 is 0 Å². The molecule has 0 saturated heterocycles. The lowest BCUT2D eigenvalue weighted by atomic mass is 10.0. The summed E-state index contributed by atoms with van der Waals surface area (Å²) in [6.45, 7) is 5.56. The van der Waals surface area contributed by atoms with Crippen molar-refractivity contribution in [3.63, 3.8) is 0 Å². The zero-order valence-corrected chi connectivity index (χ0v) is 14.9. The van der Waals surface area contributed by atoms with Crippen molar-refractivity contribution in [3.05, 3.63) is 76.4 Å². The van der Waals surface area contributed by atoms with Gasteiger partial charge in [-0.1, -0.05) is 18.7 Å². The SMILES string of the molecule is C=C/C=C\N=C(/C)CCc1nc(C(N)Cc2ccc(F)c(F)c2)cs1. The molecule has 132 valence electrons. The molecule has 6 heteroatoms. The Hall–Kier alpha value is -2.18. The predicted octanol–water partition coefficient (Wildman–Crippen LogP) is 4.76. The summed E-state index contributed by atoms with van der Waals surface area (Å²) in [6.07, 6.45) is 7.19. The maximum atomic E-state index is 13.3. The molecule has 3 nitrogen and oxygen atoms in total. The first-order valence-corrected chi connectivity index (χ1v) is 8.82. The second kappa shape index (κ2) is 9.34. The van der Waals surface area contributed by atoms with Gasteiger partial charge in [0, 0.05) is 23.7 Å². The third-order valence-corrected chi connectivity index (χ3v) is 4.53. The van der Waals surface area contributed by atoms with Gasteiger partial charge in [0.15, 0.2) is 11.6 Å². The van der Waals surface area contributed by atoms with Gasteiger partial charge in [-0.15, -0.1) is 11.3 Å². The molecule has 1 aromatic heterocycles. The number of thiazole rings is 1. The molecule has 0 saturated carbocycles. The first kappa shape index (κ1) is 19.1. The number of nitrogens with two attached hydrogens (primary N) is 1. The summed E-state index contributed by atoms with van der Waals surface area (Å²) < 4.78 is 26.2. The number of nitrogens with zero attached hydrogens (tertiary/aromatic N) is 2. The van der Waals surface area contributed by atoms with Crippen molar-refractivity contribution < 1.29 is 8.78 Å². The van der Waals surface area contributed by atoms with Gasteiger partial charge in [-0.05, 0) is 43.5 Å². The predicted molar refractivity (Wildman–Crippen MR) is 99.9 cm³/mol. The number of aliphatic imine (C=N–C) groups is 1. The molecule has 1 unspecified atom stereocenters. The quantitative estimate of drug-likeness (QED) is 0.544. The van der Waals surface area contributed by atoms with Gasteiger partial charge in [0.1, 0.15) is 0 Å². The van der Waals surface area contributed by atoms with E-state index < -0.39 is 11.6 Å². The summed E-state index contributed by atoms with van der Waals surface area (Å²) in [5.74, 6) is -1.71. The Morgan fingerprint density at radius 1 is 1.40 bits per heavy atom. The van der Waals surface area contributed by atoms with Gasteiger partial charge in [-0.25, -0.2) is 13.8 Å². The molecule has 0 bridgehead atoms. The minimum atomic E-state index is -0.857. The van der Waals surface area contributed by atoms with E-state index in [0.717, 1.165) is 35.3 Å². The molecule has 0 aliphatic rings. The highest BCUT2D eigenvalue weighted by Gasteiger charge is 2.13.